The first-order valence-electron chi connectivity index (χ1n) is 6.28. The lowest BCUT2D eigenvalue weighted by Gasteiger charge is -2.21. The Hall–Kier alpha value is -1.66. The van der Waals surface area contributed by atoms with Crippen molar-refractivity contribution in [2.75, 3.05) is 19.8 Å². The van der Waals surface area contributed by atoms with Crippen LogP contribution in [-0.2, 0) is 0 Å². The molecular formula is C13H15N3O2S. The molecule has 0 saturated carbocycles. The molecule has 0 bridgehead atoms. The Morgan fingerprint density at radius 3 is 2.89 bits per heavy atom. The van der Waals surface area contributed by atoms with E-state index in [2.05, 4.69) is 27.9 Å². The molecule has 0 saturated heterocycles. The summed E-state index contributed by atoms with van der Waals surface area (Å²) in [5, 5.41) is 7.35. The summed E-state index contributed by atoms with van der Waals surface area (Å²) in [6, 6.07) is 6.14. The lowest BCUT2D eigenvalue weighted by Crippen LogP contribution is -2.22. The Morgan fingerprint density at radius 1 is 1.32 bits per heavy atom. The molecular weight excluding hydrogens is 262 g/mol. The summed E-state index contributed by atoms with van der Waals surface area (Å²) in [4.78, 5) is 1.10. The molecule has 0 radical (unpaired) electrons. The molecule has 0 aliphatic carbocycles. The number of nitrogens with one attached hydrogen (secondary N) is 1. The van der Waals surface area contributed by atoms with Crippen LogP contribution < -0.4 is 14.8 Å². The van der Waals surface area contributed by atoms with Gasteiger partial charge in [-0.3, -0.25) is 0 Å². The van der Waals surface area contributed by atoms with Crippen molar-refractivity contribution in [2.45, 2.75) is 13.0 Å². The number of aromatic nitrogens is 2. The molecule has 2 heterocycles. The van der Waals surface area contributed by atoms with Gasteiger partial charge in [-0.15, -0.1) is 5.10 Å². The number of fused-ring (bicyclic) bond motifs is 1. The molecule has 2 aromatic rings. The maximum atomic E-state index is 5.63. The van der Waals surface area contributed by atoms with Crippen molar-refractivity contribution >= 4 is 11.5 Å². The summed E-state index contributed by atoms with van der Waals surface area (Å²) in [5.41, 5.74) is 1.14. The molecule has 0 amide bonds. The van der Waals surface area contributed by atoms with Crippen LogP contribution in [0.1, 0.15) is 23.4 Å². The van der Waals surface area contributed by atoms with Crippen molar-refractivity contribution in [3.05, 3.63) is 34.8 Å². The summed E-state index contributed by atoms with van der Waals surface area (Å²) in [7, 11) is 0. The second kappa shape index (κ2) is 5.54. The molecule has 1 N–H and O–H groups in total. The van der Waals surface area contributed by atoms with Crippen LogP contribution in [-0.4, -0.2) is 29.3 Å². The first-order valence-corrected chi connectivity index (χ1v) is 7.06. The smallest absolute Gasteiger partial charge is 0.161 e. The van der Waals surface area contributed by atoms with Gasteiger partial charge in [0.15, 0.2) is 11.5 Å². The summed E-state index contributed by atoms with van der Waals surface area (Å²) < 4.78 is 15.1. The highest BCUT2D eigenvalue weighted by molar-refractivity contribution is 7.05. The lowest BCUT2D eigenvalue weighted by molar-refractivity contribution is 0.171. The van der Waals surface area contributed by atoms with E-state index in [1.165, 1.54) is 11.5 Å². The van der Waals surface area contributed by atoms with Gasteiger partial charge in [-0.2, -0.15) is 0 Å². The molecule has 1 aromatic heterocycles. The molecule has 1 aliphatic heterocycles. The largest absolute Gasteiger partial charge is 0.486 e. The molecule has 6 heteroatoms. The standard InChI is InChI=1S/C13H15N3O2S/c1-2-14-13(12-8-15-16-19-12)9-3-4-10-11(7-9)18-6-5-17-10/h3-4,7-8,13-14H,2,5-6H2,1H3. The number of hydrogen-bond donors (Lipinski definition) is 1. The molecule has 100 valence electrons. The first kappa shape index (κ1) is 12.4. The van der Waals surface area contributed by atoms with Gasteiger partial charge in [0, 0.05) is 0 Å². The van der Waals surface area contributed by atoms with Crippen LogP contribution in [0.3, 0.4) is 0 Å². The number of benzene rings is 1. The van der Waals surface area contributed by atoms with Gasteiger partial charge in [0.2, 0.25) is 0 Å². The van der Waals surface area contributed by atoms with Gasteiger partial charge in [0.1, 0.15) is 13.2 Å². The van der Waals surface area contributed by atoms with Crippen LogP contribution in [0.15, 0.2) is 24.4 Å². The second-order valence-corrected chi connectivity index (χ2v) is 5.03. The van der Waals surface area contributed by atoms with E-state index in [0.29, 0.717) is 13.2 Å². The predicted octanol–water partition coefficient (Wildman–Crippen LogP) is 2.01. The van der Waals surface area contributed by atoms with Crippen molar-refractivity contribution < 1.29 is 9.47 Å². The summed E-state index contributed by atoms with van der Waals surface area (Å²) >= 11 is 1.41. The maximum absolute atomic E-state index is 5.63. The number of nitrogens with zero attached hydrogens (tertiary/aromatic N) is 2. The molecule has 0 spiro atoms. The highest BCUT2D eigenvalue weighted by atomic mass is 32.1. The van der Waals surface area contributed by atoms with Gasteiger partial charge >= 0.3 is 0 Å². The van der Waals surface area contributed by atoms with Gasteiger partial charge in [0.05, 0.1) is 17.1 Å². The van der Waals surface area contributed by atoms with Gasteiger partial charge in [-0.1, -0.05) is 17.5 Å². The monoisotopic (exact) mass is 277 g/mol. The fourth-order valence-electron chi connectivity index (χ4n) is 2.13. The van der Waals surface area contributed by atoms with E-state index in [-0.39, 0.29) is 6.04 Å². The van der Waals surface area contributed by atoms with Crippen LogP contribution in [0.2, 0.25) is 0 Å². The fourth-order valence-corrected chi connectivity index (χ4v) is 2.74. The highest BCUT2D eigenvalue weighted by Crippen LogP contribution is 2.34. The molecule has 5 nitrogen and oxygen atoms in total. The van der Waals surface area contributed by atoms with E-state index < -0.39 is 0 Å². The Balaban J connectivity index is 1.94. The summed E-state index contributed by atoms with van der Waals surface area (Å²) in [6.45, 7) is 4.17. The molecule has 19 heavy (non-hydrogen) atoms. The minimum atomic E-state index is 0.0980. The Bertz CT molecular complexity index is 545. The first-order chi connectivity index (χ1) is 9.38. The Labute approximate surface area is 115 Å². The van der Waals surface area contributed by atoms with Crippen LogP contribution in [0.5, 0.6) is 11.5 Å². The zero-order valence-corrected chi connectivity index (χ0v) is 11.4. The number of hydrogen-bond acceptors (Lipinski definition) is 6. The normalized spacial score (nSPS) is 15.2. The van der Waals surface area contributed by atoms with E-state index in [9.17, 15) is 0 Å². The highest BCUT2D eigenvalue weighted by Gasteiger charge is 2.19. The van der Waals surface area contributed by atoms with E-state index in [4.69, 9.17) is 9.47 Å². The van der Waals surface area contributed by atoms with Crippen molar-refractivity contribution in [1.82, 2.24) is 14.9 Å². The summed E-state index contributed by atoms with van der Waals surface area (Å²) in [5.74, 6) is 1.62. The predicted molar refractivity (Wildman–Crippen MR) is 72.9 cm³/mol. The third kappa shape index (κ3) is 2.54. The maximum Gasteiger partial charge on any atom is 0.161 e. The molecule has 0 fully saturated rings. The Kier molecular flexibility index (Phi) is 3.61. The minimum absolute atomic E-state index is 0.0980. The third-order valence-corrected chi connectivity index (χ3v) is 3.70. The van der Waals surface area contributed by atoms with Crippen molar-refractivity contribution in [2.24, 2.45) is 0 Å². The quantitative estimate of drug-likeness (QED) is 0.926. The number of rotatable bonds is 4. The van der Waals surface area contributed by atoms with E-state index in [1.807, 2.05) is 12.1 Å². The number of ether oxygens (including phenoxy) is 2. The van der Waals surface area contributed by atoms with Gasteiger partial charge in [-0.05, 0) is 35.8 Å². The van der Waals surface area contributed by atoms with E-state index in [0.717, 1.165) is 28.5 Å². The molecule has 3 rings (SSSR count). The average molecular weight is 277 g/mol. The molecule has 1 aromatic carbocycles. The molecule has 1 unspecified atom stereocenters. The SMILES string of the molecule is CCNC(c1ccc2c(c1)OCCO2)c1cnns1. The van der Waals surface area contributed by atoms with Gasteiger partial charge in [0.25, 0.3) is 0 Å². The van der Waals surface area contributed by atoms with Crippen LogP contribution in [0.4, 0.5) is 0 Å². The summed E-state index contributed by atoms with van der Waals surface area (Å²) in [6.07, 6.45) is 1.80. The van der Waals surface area contributed by atoms with Crippen LogP contribution in [0, 0.1) is 0 Å². The lowest BCUT2D eigenvalue weighted by atomic mass is 10.0. The molecule has 1 aliphatic rings. The minimum Gasteiger partial charge on any atom is -0.486 e. The second-order valence-electron chi connectivity index (χ2n) is 4.21. The van der Waals surface area contributed by atoms with E-state index >= 15 is 0 Å². The van der Waals surface area contributed by atoms with Crippen molar-refractivity contribution in [1.29, 1.82) is 0 Å². The van der Waals surface area contributed by atoms with E-state index in [1.54, 1.807) is 6.20 Å². The van der Waals surface area contributed by atoms with Crippen LogP contribution in [0.25, 0.3) is 0 Å². The third-order valence-electron chi connectivity index (χ3n) is 2.97. The van der Waals surface area contributed by atoms with Crippen LogP contribution >= 0.6 is 11.5 Å². The zero-order chi connectivity index (χ0) is 13.1. The molecule has 1 atom stereocenters. The van der Waals surface area contributed by atoms with Gasteiger partial charge in [-0.25, -0.2) is 0 Å². The Morgan fingerprint density at radius 2 is 2.16 bits per heavy atom. The van der Waals surface area contributed by atoms with Gasteiger partial charge < -0.3 is 14.8 Å². The fraction of sp³-hybridized carbons (Fsp3) is 0.385. The topological polar surface area (TPSA) is 56.3 Å². The zero-order valence-electron chi connectivity index (χ0n) is 10.6. The average Bonchev–Trinajstić information content (AvgIpc) is 2.98. The van der Waals surface area contributed by atoms with Crippen molar-refractivity contribution in [3.8, 4) is 11.5 Å². The van der Waals surface area contributed by atoms with Crippen molar-refractivity contribution in [3.63, 3.8) is 0 Å².